The standard InChI is InChI=1S/C16H16N2O/c1-3-16(2)13-10-7-11-17-14(13)18(15(16)19)12-8-5-4-6-9-12/h4-11H,3H2,1-2H3/t16-/m0/s1. The van der Waals surface area contributed by atoms with E-state index in [1.165, 1.54) is 0 Å². The number of pyridine rings is 1. The average Bonchev–Trinajstić information content (AvgIpc) is 2.70. The predicted octanol–water partition coefficient (Wildman–Crippen LogP) is 3.43. The Morgan fingerprint density at radius 2 is 1.89 bits per heavy atom. The molecule has 1 aromatic heterocycles. The quantitative estimate of drug-likeness (QED) is 0.820. The Morgan fingerprint density at radius 3 is 2.58 bits per heavy atom. The molecule has 96 valence electrons. The molecule has 1 aromatic carbocycles. The number of rotatable bonds is 2. The number of anilines is 2. The number of para-hydroxylation sites is 1. The van der Waals surface area contributed by atoms with Crippen LogP contribution in [0.4, 0.5) is 11.5 Å². The lowest BCUT2D eigenvalue weighted by molar-refractivity contribution is -0.122. The van der Waals surface area contributed by atoms with E-state index in [4.69, 9.17) is 0 Å². The average molecular weight is 252 g/mol. The lowest BCUT2D eigenvalue weighted by Crippen LogP contribution is -2.35. The van der Waals surface area contributed by atoms with Crippen molar-refractivity contribution in [3.05, 3.63) is 54.2 Å². The maximum absolute atomic E-state index is 12.8. The Morgan fingerprint density at radius 1 is 1.16 bits per heavy atom. The molecule has 0 radical (unpaired) electrons. The van der Waals surface area contributed by atoms with Gasteiger partial charge in [-0.1, -0.05) is 31.2 Å². The van der Waals surface area contributed by atoms with Crippen molar-refractivity contribution in [1.82, 2.24) is 4.98 Å². The molecule has 3 heteroatoms. The van der Waals surface area contributed by atoms with Gasteiger partial charge < -0.3 is 0 Å². The minimum atomic E-state index is -0.473. The molecule has 1 aliphatic heterocycles. The van der Waals surface area contributed by atoms with Crippen molar-refractivity contribution in [2.75, 3.05) is 4.90 Å². The first-order valence-electron chi connectivity index (χ1n) is 6.53. The topological polar surface area (TPSA) is 33.2 Å². The molecule has 1 aliphatic rings. The number of aromatic nitrogens is 1. The summed E-state index contributed by atoms with van der Waals surface area (Å²) in [7, 11) is 0. The summed E-state index contributed by atoms with van der Waals surface area (Å²) in [4.78, 5) is 19.0. The highest BCUT2D eigenvalue weighted by molar-refractivity contribution is 6.11. The summed E-state index contributed by atoms with van der Waals surface area (Å²) in [6.07, 6.45) is 2.51. The zero-order chi connectivity index (χ0) is 13.5. The van der Waals surface area contributed by atoms with E-state index in [9.17, 15) is 4.79 Å². The van der Waals surface area contributed by atoms with Gasteiger partial charge in [-0.25, -0.2) is 4.98 Å². The van der Waals surface area contributed by atoms with Gasteiger partial charge in [-0.15, -0.1) is 0 Å². The van der Waals surface area contributed by atoms with Crippen LogP contribution in [0.2, 0.25) is 0 Å². The number of amides is 1. The summed E-state index contributed by atoms with van der Waals surface area (Å²) >= 11 is 0. The number of carbonyl (C=O) groups excluding carboxylic acids is 1. The molecule has 3 rings (SSSR count). The van der Waals surface area contributed by atoms with Gasteiger partial charge in [-0.05, 0) is 31.5 Å². The molecule has 0 spiro atoms. The lowest BCUT2D eigenvalue weighted by Gasteiger charge is -2.22. The molecule has 19 heavy (non-hydrogen) atoms. The molecule has 0 saturated carbocycles. The van der Waals surface area contributed by atoms with Gasteiger partial charge in [0.05, 0.1) is 11.1 Å². The summed E-state index contributed by atoms with van der Waals surface area (Å²) in [6, 6.07) is 13.6. The molecule has 0 saturated heterocycles. The highest BCUT2D eigenvalue weighted by atomic mass is 16.2. The molecule has 0 N–H and O–H groups in total. The van der Waals surface area contributed by atoms with Gasteiger partial charge in [-0.3, -0.25) is 9.69 Å². The largest absolute Gasteiger partial charge is 0.273 e. The minimum absolute atomic E-state index is 0.106. The van der Waals surface area contributed by atoms with Crippen LogP contribution < -0.4 is 4.90 Å². The molecule has 0 unspecified atom stereocenters. The fraction of sp³-hybridized carbons (Fsp3) is 0.250. The van der Waals surface area contributed by atoms with Crippen molar-refractivity contribution in [2.45, 2.75) is 25.7 Å². The second-order valence-corrected chi connectivity index (χ2v) is 5.04. The molecule has 0 bridgehead atoms. The lowest BCUT2D eigenvalue weighted by atomic mass is 9.82. The number of hydrogen-bond donors (Lipinski definition) is 0. The van der Waals surface area contributed by atoms with Crippen LogP contribution in [0, 0.1) is 0 Å². The van der Waals surface area contributed by atoms with E-state index in [0.717, 1.165) is 23.5 Å². The van der Waals surface area contributed by atoms with Crippen LogP contribution in [-0.4, -0.2) is 10.9 Å². The Labute approximate surface area is 112 Å². The minimum Gasteiger partial charge on any atom is -0.273 e. The Kier molecular flexibility index (Phi) is 2.63. The third-order valence-electron chi connectivity index (χ3n) is 3.99. The smallest absolute Gasteiger partial charge is 0.243 e. The second-order valence-electron chi connectivity index (χ2n) is 5.04. The Hall–Kier alpha value is -2.16. The molecular weight excluding hydrogens is 236 g/mol. The monoisotopic (exact) mass is 252 g/mol. The number of hydrogen-bond acceptors (Lipinski definition) is 2. The first kappa shape index (κ1) is 11.9. The van der Waals surface area contributed by atoms with Crippen LogP contribution >= 0.6 is 0 Å². The molecule has 0 aliphatic carbocycles. The van der Waals surface area contributed by atoms with Crippen molar-refractivity contribution in [3.63, 3.8) is 0 Å². The van der Waals surface area contributed by atoms with Gasteiger partial charge in [0.15, 0.2) is 0 Å². The fourth-order valence-corrected chi connectivity index (χ4v) is 2.62. The van der Waals surface area contributed by atoms with Gasteiger partial charge in [0.1, 0.15) is 5.82 Å². The second kappa shape index (κ2) is 4.19. The van der Waals surface area contributed by atoms with Gasteiger partial charge in [0.2, 0.25) is 5.91 Å². The molecular formula is C16H16N2O. The number of fused-ring (bicyclic) bond motifs is 1. The van der Waals surface area contributed by atoms with Crippen LogP contribution in [-0.2, 0) is 10.2 Å². The van der Waals surface area contributed by atoms with Crippen molar-refractivity contribution in [1.29, 1.82) is 0 Å². The van der Waals surface area contributed by atoms with E-state index in [0.29, 0.717) is 0 Å². The van der Waals surface area contributed by atoms with Crippen LogP contribution in [0.15, 0.2) is 48.7 Å². The maximum Gasteiger partial charge on any atom is 0.243 e. The van der Waals surface area contributed by atoms with Crippen molar-refractivity contribution in [2.24, 2.45) is 0 Å². The van der Waals surface area contributed by atoms with Gasteiger partial charge in [-0.2, -0.15) is 0 Å². The zero-order valence-corrected chi connectivity index (χ0v) is 11.1. The summed E-state index contributed by atoms with van der Waals surface area (Å²) < 4.78 is 0. The van der Waals surface area contributed by atoms with Crippen molar-refractivity contribution in [3.8, 4) is 0 Å². The number of nitrogens with zero attached hydrogens (tertiary/aromatic N) is 2. The van der Waals surface area contributed by atoms with Crippen LogP contribution in [0.3, 0.4) is 0 Å². The van der Waals surface area contributed by atoms with E-state index in [-0.39, 0.29) is 5.91 Å². The van der Waals surface area contributed by atoms with Crippen molar-refractivity contribution >= 4 is 17.4 Å². The Balaban J connectivity index is 2.21. The molecule has 2 heterocycles. The van der Waals surface area contributed by atoms with E-state index in [2.05, 4.69) is 4.98 Å². The highest BCUT2D eigenvalue weighted by Crippen LogP contribution is 2.45. The van der Waals surface area contributed by atoms with E-state index in [1.807, 2.05) is 56.3 Å². The first-order valence-corrected chi connectivity index (χ1v) is 6.53. The third-order valence-corrected chi connectivity index (χ3v) is 3.99. The van der Waals surface area contributed by atoms with Crippen LogP contribution in [0.5, 0.6) is 0 Å². The Bertz CT molecular complexity index is 624. The van der Waals surface area contributed by atoms with Gasteiger partial charge in [0.25, 0.3) is 0 Å². The van der Waals surface area contributed by atoms with E-state index in [1.54, 1.807) is 11.1 Å². The van der Waals surface area contributed by atoms with E-state index >= 15 is 0 Å². The summed E-state index contributed by atoms with van der Waals surface area (Å²) in [5.74, 6) is 0.873. The highest BCUT2D eigenvalue weighted by Gasteiger charge is 2.47. The summed E-state index contributed by atoms with van der Waals surface area (Å²) in [5, 5.41) is 0. The van der Waals surface area contributed by atoms with Gasteiger partial charge >= 0.3 is 0 Å². The molecule has 3 nitrogen and oxygen atoms in total. The SMILES string of the molecule is CC[C@]1(C)C(=O)N(c2ccccc2)c2ncccc21. The maximum atomic E-state index is 12.8. The third kappa shape index (κ3) is 1.58. The number of carbonyl (C=O) groups is 1. The molecule has 0 fully saturated rings. The number of benzene rings is 1. The summed E-state index contributed by atoms with van der Waals surface area (Å²) in [5.41, 5.74) is 1.43. The van der Waals surface area contributed by atoms with Crippen LogP contribution in [0.1, 0.15) is 25.8 Å². The molecule has 1 atom stereocenters. The van der Waals surface area contributed by atoms with E-state index < -0.39 is 5.41 Å². The van der Waals surface area contributed by atoms with Crippen LogP contribution in [0.25, 0.3) is 0 Å². The summed E-state index contributed by atoms with van der Waals surface area (Å²) in [6.45, 7) is 4.04. The molecule has 2 aromatic rings. The van der Waals surface area contributed by atoms with Gasteiger partial charge in [0, 0.05) is 11.8 Å². The van der Waals surface area contributed by atoms with Crippen molar-refractivity contribution < 1.29 is 4.79 Å². The molecule has 1 amide bonds. The fourth-order valence-electron chi connectivity index (χ4n) is 2.62. The first-order chi connectivity index (χ1) is 9.18. The normalized spacial score (nSPS) is 21.6. The zero-order valence-electron chi connectivity index (χ0n) is 11.1. The predicted molar refractivity (Wildman–Crippen MR) is 75.5 cm³/mol.